The molecule has 0 amide bonds. The SMILES string of the molecule is CC1(C)CC(C(O)c2ccccn2)(N2CCN(CCc3ncccc3Cl)CC2)CCO1. The van der Waals surface area contributed by atoms with Crippen LogP contribution in [-0.2, 0) is 11.2 Å². The van der Waals surface area contributed by atoms with Crippen LogP contribution >= 0.6 is 11.6 Å². The maximum atomic E-state index is 11.5. The van der Waals surface area contributed by atoms with Gasteiger partial charge in [0.15, 0.2) is 0 Å². The van der Waals surface area contributed by atoms with Crippen molar-refractivity contribution >= 4 is 11.6 Å². The Hall–Kier alpha value is -1.57. The van der Waals surface area contributed by atoms with E-state index in [9.17, 15) is 5.11 Å². The molecule has 4 heterocycles. The molecule has 0 radical (unpaired) electrons. The van der Waals surface area contributed by atoms with Gasteiger partial charge in [-0.15, -0.1) is 0 Å². The number of aliphatic hydroxyl groups is 1. The van der Waals surface area contributed by atoms with Crippen molar-refractivity contribution in [3.8, 4) is 0 Å². The van der Waals surface area contributed by atoms with Crippen LogP contribution in [0.5, 0.6) is 0 Å². The minimum atomic E-state index is -0.643. The molecule has 0 aliphatic carbocycles. The maximum Gasteiger partial charge on any atom is 0.114 e. The third-order valence-corrected chi connectivity index (χ3v) is 7.08. The molecule has 0 saturated carbocycles. The predicted molar refractivity (Wildman–Crippen MR) is 122 cm³/mol. The third kappa shape index (κ3) is 5.10. The number of halogens is 1. The number of piperazine rings is 1. The molecule has 2 unspecified atom stereocenters. The maximum absolute atomic E-state index is 11.5. The Balaban J connectivity index is 1.45. The van der Waals surface area contributed by atoms with E-state index in [2.05, 4.69) is 33.6 Å². The fraction of sp³-hybridized carbons (Fsp3) is 0.583. The molecular weight excluding hydrogens is 412 g/mol. The summed E-state index contributed by atoms with van der Waals surface area (Å²) in [4.78, 5) is 13.8. The van der Waals surface area contributed by atoms with E-state index in [0.29, 0.717) is 6.61 Å². The van der Waals surface area contributed by atoms with Crippen LogP contribution in [0.25, 0.3) is 0 Å². The number of pyridine rings is 2. The second-order valence-electron chi connectivity index (χ2n) is 9.31. The van der Waals surface area contributed by atoms with Crippen LogP contribution < -0.4 is 0 Å². The Kier molecular flexibility index (Phi) is 6.94. The fourth-order valence-corrected chi connectivity index (χ4v) is 5.37. The molecule has 2 aromatic heterocycles. The molecular formula is C24H33ClN4O2. The monoisotopic (exact) mass is 444 g/mol. The zero-order valence-corrected chi connectivity index (χ0v) is 19.3. The highest BCUT2D eigenvalue weighted by Gasteiger charge is 2.51. The van der Waals surface area contributed by atoms with Gasteiger partial charge in [-0.3, -0.25) is 14.9 Å². The van der Waals surface area contributed by atoms with Gasteiger partial charge < -0.3 is 14.7 Å². The summed E-state index contributed by atoms with van der Waals surface area (Å²) in [5, 5.41) is 12.3. The molecule has 0 spiro atoms. The van der Waals surface area contributed by atoms with Crippen LogP contribution in [0.2, 0.25) is 5.02 Å². The van der Waals surface area contributed by atoms with Gasteiger partial charge in [-0.1, -0.05) is 17.7 Å². The normalized spacial score (nSPS) is 25.9. The minimum absolute atomic E-state index is 0.277. The topological polar surface area (TPSA) is 61.7 Å². The molecule has 7 heteroatoms. The lowest BCUT2D eigenvalue weighted by molar-refractivity contribution is -0.165. The Morgan fingerprint density at radius 3 is 2.55 bits per heavy atom. The molecule has 0 aromatic carbocycles. The summed E-state index contributed by atoms with van der Waals surface area (Å²) in [6.07, 6.45) is 5.35. The molecule has 2 aromatic rings. The van der Waals surface area contributed by atoms with E-state index in [1.165, 1.54) is 0 Å². The number of nitrogens with zero attached hydrogens (tertiary/aromatic N) is 4. The van der Waals surface area contributed by atoms with Gasteiger partial charge in [0.1, 0.15) is 6.10 Å². The van der Waals surface area contributed by atoms with Gasteiger partial charge in [0.05, 0.1) is 27.6 Å². The van der Waals surface area contributed by atoms with Crippen molar-refractivity contribution in [1.29, 1.82) is 0 Å². The van der Waals surface area contributed by atoms with Crippen LogP contribution in [0.15, 0.2) is 42.7 Å². The minimum Gasteiger partial charge on any atom is -0.385 e. The lowest BCUT2D eigenvalue weighted by Crippen LogP contribution is -2.64. The molecule has 2 fully saturated rings. The van der Waals surface area contributed by atoms with E-state index in [4.69, 9.17) is 16.3 Å². The van der Waals surface area contributed by atoms with E-state index < -0.39 is 6.10 Å². The summed E-state index contributed by atoms with van der Waals surface area (Å²) >= 11 is 6.27. The smallest absolute Gasteiger partial charge is 0.114 e. The number of hydrogen-bond donors (Lipinski definition) is 1. The molecule has 2 aliphatic rings. The van der Waals surface area contributed by atoms with Crippen LogP contribution in [0.3, 0.4) is 0 Å². The fourth-order valence-electron chi connectivity index (χ4n) is 5.15. The van der Waals surface area contributed by atoms with Crippen LogP contribution in [0.4, 0.5) is 0 Å². The van der Waals surface area contributed by atoms with E-state index in [1.807, 2.05) is 30.3 Å². The summed E-state index contributed by atoms with van der Waals surface area (Å²) < 4.78 is 6.03. The Morgan fingerprint density at radius 1 is 1.10 bits per heavy atom. The summed E-state index contributed by atoms with van der Waals surface area (Å²) in [6, 6.07) is 9.54. The van der Waals surface area contributed by atoms with Gasteiger partial charge in [-0.25, -0.2) is 0 Å². The lowest BCUT2D eigenvalue weighted by atomic mass is 9.74. The first-order valence-electron chi connectivity index (χ1n) is 11.2. The van der Waals surface area contributed by atoms with Gasteiger partial charge in [0.25, 0.3) is 0 Å². The number of rotatable bonds is 6. The molecule has 6 nitrogen and oxygen atoms in total. The van der Waals surface area contributed by atoms with Crippen molar-refractivity contribution in [3.63, 3.8) is 0 Å². The Bertz CT molecular complexity index is 858. The van der Waals surface area contributed by atoms with Crippen molar-refractivity contribution in [2.45, 2.75) is 50.4 Å². The van der Waals surface area contributed by atoms with Crippen LogP contribution in [0, 0.1) is 0 Å². The molecule has 0 bridgehead atoms. The van der Waals surface area contributed by atoms with E-state index in [0.717, 1.165) is 68.4 Å². The average Bonchev–Trinajstić information content (AvgIpc) is 2.78. The molecule has 2 atom stereocenters. The number of ether oxygens (including phenoxy) is 1. The highest BCUT2D eigenvalue weighted by atomic mass is 35.5. The summed E-state index contributed by atoms with van der Waals surface area (Å²) in [5.74, 6) is 0. The van der Waals surface area contributed by atoms with E-state index in [-0.39, 0.29) is 11.1 Å². The van der Waals surface area contributed by atoms with Gasteiger partial charge in [0.2, 0.25) is 0 Å². The molecule has 1 N–H and O–H groups in total. The van der Waals surface area contributed by atoms with E-state index in [1.54, 1.807) is 12.4 Å². The second-order valence-corrected chi connectivity index (χ2v) is 9.71. The first-order chi connectivity index (χ1) is 14.9. The second kappa shape index (κ2) is 9.51. The summed E-state index contributed by atoms with van der Waals surface area (Å²) in [7, 11) is 0. The average molecular weight is 445 g/mol. The first kappa shape index (κ1) is 22.6. The molecule has 4 rings (SSSR count). The highest BCUT2D eigenvalue weighted by molar-refractivity contribution is 6.31. The zero-order valence-electron chi connectivity index (χ0n) is 18.5. The largest absolute Gasteiger partial charge is 0.385 e. The Morgan fingerprint density at radius 2 is 1.87 bits per heavy atom. The molecule has 2 saturated heterocycles. The molecule has 2 aliphatic heterocycles. The molecule has 31 heavy (non-hydrogen) atoms. The van der Waals surface area contributed by atoms with Crippen molar-refractivity contribution in [3.05, 3.63) is 59.1 Å². The number of aliphatic hydroxyl groups excluding tert-OH is 1. The zero-order chi connectivity index (χ0) is 21.9. The van der Waals surface area contributed by atoms with Crippen molar-refractivity contribution in [2.75, 3.05) is 39.3 Å². The van der Waals surface area contributed by atoms with Crippen LogP contribution in [0.1, 0.15) is 44.2 Å². The van der Waals surface area contributed by atoms with Gasteiger partial charge >= 0.3 is 0 Å². The highest BCUT2D eigenvalue weighted by Crippen LogP contribution is 2.44. The van der Waals surface area contributed by atoms with Gasteiger partial charge in [0, 0.05) is 58.1 Å². The van der Waals surface area contributed by atoms with Crippen molar-refractivity contribution in [1.82, 2.24) is 19.8 Å². The standard InChI is InChI=1S/C24H33ClN4O2/c1-23(2)18-24(9-17-31-23,22(30)21-7-3-4-10-27-21)29-15-13-28(14-16-29)12-8-20-19(25)6-5-11-26-20/h3-7,10-11,22,30H,8-9,12-18H2,1-2H3. The van der Waals surface area contributed by atoms with Gasteiger partial charge in [-0.05, 0) is 51.0 Å². The molecule has 168 valence electrons. The summed E-state index contributed by atoms with van der Waals surface area (Å²) in [6.45, 7) is 9.58. The van der Waals surface area contributed by atoms with Crippen molar-refractivity contribution in [2.24, 2.45) is 0 Å². The quantitative estimate of drug-likeness (QED) is 0.737. The Labute approximate surface area is 190 Å². The predicted octanol–water partition coefficient (Wildman–Crippen LogP) is 3.35. The first-order valence-corrected chi connectivity index (χ1v) is 11.6. The lowest BCUT2D eigenvalue weighted by Gasteiger charge is -2.55. The summed E-state index contributed by atoms with van der Waals surface area (Å²) in [5.41, 5.74) is 1.06. The van der Waals surface area contributed by atoms with Gasteiger partial charge in [-0.2, -0.15) is 0 Å². The van der Waals surface area contributed by atoms with E-state index >= 15 is 0 Å². The number of aromatic nitrogens is 2. The number of hydrogen-bond acceptors (Lipinski definition) is 6. The third-order valence-electron chi connectivity index (χ3n) is 6.74. The van der Waals surface area contributed by atoms with Crippen molar-refractivity contribution < 1.29 is 9.84 Å². The van der Waals surface area contributed by atoms with Crippen LogP contribution in [-0.4, -0.2) is 75.3 Å².